The van der Waals surface area contributed by atoms with Gasteiger partial charge in [0.2, 0.25) is 0 Å². The molecule has 49 valence electrons. The molecule has 0 aromatic heterocycles. The van der Waals surface area contributed by atoms with E-state index in [0.717, 1.165) is 0 Å². The molecule has 0 bridgehead atoms. The third-order valence-electron chi connectivity index (χ3n) is 2.25. The first-order valence-corrected chi connectivity index (χ1v) is 9.47. The summed E-state index contributed by atoms with van der Waals surface area (Å²) in [5, 5.41) is 4.19. The van der Waals surface area contributed by atoms with Crippen molar-refractivity contribution >= 4 is 13.3 Å². The van der Waals surface area contributed by atoms with Gasteiger partial charge in [0.25, 0.3) is 0 Å². The Balaban J connectivity index is 3.58. The first kappa shape index (κ1) is 8.54. The summed E-state index contributed by atoms with van der Waals surface area (Å²) in [5.74, 6) is 4.31. The van der Waals surface area contributed by atoms with Crippen molar-refractivity contribution in [2.45, 2.75) is 36.5 Å². The topological polar surface area (TPSA) is 0 Å². The summed E-state index contributed by atoms with van der Waals surface area (Å²) in [6.45, 7) is 6.88. The molecule has 0 heterocycles. The van der Waals surface area contributed by atoms with Crippen LogP contribution in [0.4, 0.5) is 0 Å². The van der Waals surface area contributed by atoms with Gasteiger partial charge >= 0.3 is 55.6 Å². The van der Waals surface area contributed by atoms with Gasteiger partial charge in [-0.15, -0.1) is 0 Å². The normalized spacial score (nSPS) is 12.0. The third-order valence-corrected chi connectivity index (χ3v) is 11.7. The molecule has 0 aliphatic rings. The van der Waals surface area contributed by atoms with Gasteiger partial charge in [-0.1, -0.05) is 0 Å². The molecular weight excluding hydrogens is 157 g/mol. The van der Waals surface area contributed by atoms with E-state index in [-0.39, 0.29) is 0 Å². The molecule has 0 saturated carbocycles. The van der Waals surface area contributed by atoms with Crippen LogP contribution in [0.2, 0.25) is 15.8 Å². The van der Waals surface area contributed by atoms with Crippen LogP contribution in [0.1, 0.15) is 20.8 Å². The average Bonchev–Trinajstić information content (AvgIpc) is 1.87. The van der Waals surface area contributed by atoms with Crippen LogP contribution >= 0.6 is 0 Å². The second kappa shape index (κ2) is 3.55. The van der Waals surface area contributed by atoms with Crippen LogP contribution in [-0.2, 0) is 0 Å². The Kier molecular flexibility index (Phi) is 3.79. The van der Waals surface area contributed by atoms with E-state index in [9.17, 15) is 0 Å². The maximum atomic E-state index is 4.31. The molecule has 0 fully saturated rings. The van der Waals surface area contributed by atoms with Crippen LogP contribution in [0.25, 0.3) is 0 Å². The van der Waals surface area contributed by atoms with Gasteiger partial charge in [0.05, 0.1) is 0 Å². The molecule has 1 radical (unpaired) electrons. The number of rotatable bonds is 3. The zero-order chi connectivity index (χ0) is 6.62. The van der Waals surface area contributed by atoms with Gasteiger partial charge in [-0.05, 0) is 0 Å². The van der Waals surface area contributed by atoms with Gasteiger partial charge < -0.3 is 0 Å². The minimum absolute atomic E-state index is 1.38. The molecule has 0 aromatic carbocycles. The Morgan fingerprint density at radius 3 is 1.25 bits per heavy atom. The van der Waals surface area contributed by atoms with Crippen molar-refractivity contribution in [2.75, 3.05) is 0 Å². The fourth-order valence-corrected chi connectivity index (χ4v) is 3.90. The molecule has 0 aliphatic heterocycles. The van der Waals surface area contributed by atoms with Gasteiger partial charge in [-0.25, -0.2) is 0 Å². The zero-order valence-electron chi connectivity index (χ0n) is 6.33. The fourth-order valence-electron chi connectivity index (χ4n) is 0.750. The number of hydrogen-bond acceptors (Lipinski definition) is 0. The van der Waals surface area contributed by atoms with E-state index >= 15 is 0 Å². The Bertz CT molecular complexity index is 47.1. The predicted molar refractivity (Wildman–Crippen MR) is 42.6 cm³/mol. The summed E-state index contributed by atoms with van der Waals surface area (Å²) in [6.07, 6.45) is 0. The molecule has 0 unspecified atom stereocenters. The monoisotopic (exact) mass is 175 g/mol. The summed E-state index contributed by atoms with van der Waals surface area (Å²) in [5.41, 5.74) is 0. The van der Waals surface area contributed by atoms with Crippen molar-refractivity contribution < 1.29 is 0 Å². The molecule has 0 amide bonds. The molecule has 1 heteroatoms. The van der Waals surface area contributed by atoms with Crippen molar-refractivity contribution in [2.24, 2.45) is 0 Å². The fraction of sp³-hybridized carbons (Fsp3) is 0.857. The van der Waals surface area contributed by atoms with Gasteiger partial charge in [0, 0.05) is 0 Å². The third kappa shape index (κ3) is 2.21. The van der Waals surface area contributed by atoms with E-state index < -0.39 is 13.3 Å². The van der Waals surface area contributed by atoms with E-state index in [0.29, 0.717) is 0 Å². The zero-order valence-corrected chi connectivity index (χ0v) is 8.43. The summed E-state index contributed by atoms with van der Waals surface area (Å²) in [4.78, 5) is 0. The van der Waals surface area contributed by atoms with Gasteiger partial charge in [-0.2, -0.15) is 0 Å². The van der Waals surface area contributed by atoms with Gasteiger partial charge in [-0.3, -0.25) is 0 Å². The molecule has 0 N–H and O–H groups in total. The minimum atomic E-state index is -1.38. The quantitative estimate of drug-likeness (QED) is 0.576. The number of hydrogen-bond donors (Lipinski definition) is 0. The molecule has 0 atom stereocenters. The van der Waals surface area contributed by atoms with Crippen LogP contribution in [0.3, 0.4) is 0 Å². The standard InChI is InChI=1S/C7H17Ge/c1-5-8(4,6-2)7-3/h4-7H2,1-3H3. The molecule has 0 rings (SSSR count). The Hall–Kier alpha value is 0.543. The Labute approximate surface area is 56.0 Å². The van der Waals surface area contributed by atoms with Crippen LogP contribution in [0, 0.1) is 5.76 Å². The van der Waals surface area contributed by atoms with Crippen molar-refractivity contribution in [1.29, 1.82) is 0 Å². The molecule has 0 nitrogen and oxygen atoms in total. The van der Waals surface area contributed by atoms with E-state index in [4.69, 9.17) is 0 Å². The maximum absolute atomic E-state index is 4.31. The first-order chi connectivity index (χ1) is 3.68. The van der Waals surface area contributed by atoms with Gasteiger partial charge in [0.1, 0.15) is 0 Å². The molecule has 0 aliphatic carbocycles. The second-order valence-corrected chi connectivity index (χ2v) is 13.3. The van der Waals surface area contributed by atoms with Gasteiger partial charge in [0.15, 0.2) is 0 Å². The van der Waals surface area contributed by atoms with E-state index in [2.05, 4.69) is 26.5 Å². The van der Waals surface area contributed by atoms with Crippen molar-refractivity contribution in [3.05, 3.63) is 5.76 Å². The predicted octanol–water partition coefficient (Wildman–Crippen LogP) is 2.87. The Morgan fingerprint density at radius 2 is 1.25 bits per heavy atom. The Morgan fingerprint density at radius 1 is 1.00 bits per heavy atom. The molecule has 0 aromatic rings. The van der Waals surface area contributed by atoms with E-state index in [1.807, 2.05) is 0 Å². The summed E-state index contributed by atoms with van der Waals surface area (Å²) in [6, 6.07) is 0. The average molecular weight is 174 g/mol. The van der Waals surface area contributed by atoms with Crippen LogP contribution < -0.4 is 0 Å². The molecule has 0 spiro atoms. The van der Waals surface area contributed by atoms with Crippen molar-refractivity contribution in [3.63, 3.8) is 0 Å². The van der Waals surface area contributed by atoms with Crippen LogP contribution in [0.15, 0.2) is 0 Å². The van der Waals surface area contributed by atoms with Crippen LogP contribution in [-0.4, -0.2) is 13.3 Å². The van der Waals surface area contributed by atoms with Crippen LogP contribution in [0.5, 0.6) is 0 Å². The second-order valence-electron chi connectivity index (χ2n) is 2.56. The van der Waals surface area contributed by atoms with Crippen molar-refractivity contribution in [3.8, 4) is 0 Å². The summed E-state index contributed by atoms with van der Waals surface area (Å²) in [7, 11) is 0. The summed E-state index contributed by atoms with van der Waals surface area (Å²) >= 11 is -1.38. The van der Waals surface area contributed by atoms with Crippen molar-refractivity contribution in [1.82, 2.24) is 0 Å². The molecule has 0 saturated heterocycles. The van der Waals surface area contributed by atoms with E-state index in [1.165, 1.54) is 15.8 Å². The SMILES string of the molecule is [CH2][Ge]([CH2]C)([CH2]C)[CH2]C. The summed E-state index contributed by atoms with van der Waals surface area (Å²) < 4.78 is 0. The first-order valence-electron chi connectivity index (χ1n) is 3.54. The molecular formula is C7H17Ge. The van der Waals surface area contributed by atoms with E-state index in [1.54, 1.807) is 0 Å². The molecule has 8 heavy (non-hydrogen) atoms.